The molecule has 0 aromatic rings. The summed E-state index contributed by atoms with van der Waals surface area (Å²) in [5, 5.41) is 27.7. The fraction of sp³-hybridized carbons (Fsp3) is 0.762. The molecule has 9 amide bonds. The molecule has 0 bridgehead atoms. The number of nitrogens with two attached hydrogens (primary N) is 1. The van der Waals surface area contributed by atoms with E-state index < -0.39 is 109 Å². The van der Waals surface area contributed by atoms with Crippen LogP contribution in [0.1, 0.15) is 105 Å². The minimum Gasteiger partial charge on any atom is -0.480 e. The molecule has 22 heteroatoms. The molecule has 0 radical (unpaired) electrons. The van der Waals surface area contributed by atoms with Crippen LogP contribution in [0.15, 0.2) is 0 Å². The number of nitrogens with one attached hydrogen (secondary N) is 7. The first kappa shape index (κ1) is 51.3. The summed E-state index contributed by atoms with van der Waals surface area (Å²) in [5.41, 5.74) is 5.71. The van der Waals surface area contributed by atoms with Crippen LogP contribution in [0.2, 0.25) is 0 Å². The molecule has 4 aliphatic rings. The number of hydrogen-bond donors (Lipinski definition) is 9. The second kappa shape index (κ2) is 24.6. The van der Waals surface area contributed by atoms with Gasteiger partial charge in [0.15, 0.2) is 0 Å². The summed E-state index contributed by atoms with van der Waals surface area (Å²) in [6.07, 6.45) is 5.84. The summed E-state index contributed by atoms with van der Waals surface area (Å²) in [6, 6.07) is -7.27. The largest absolute Gasteiger partial charge is 0.480 e. The van der Waals surface area contributed by atoms with Crippen LogP contribution < -0.4 is 43.0 Å². The van der Waals surface area contributed by atoms with Crippen LogP contribution in [0.25, 0.3) is 0 Å². The molecule has 0 unspecified atom stereocenters. The van der Waals surface area contributed by atoms with Crippen LogP contribution in [0.5, 0.6) is 0 Å². The van der Waals surface area contributed by atoms with E-state index in [1.54, 1.807) is 4.90 Å². The van der Waals surface area contributed by atoms with Crippen molar-refractivity contribution in [2.75, 3.05) is 45.8 Å². The third-order valence-corrected chi connectivity index (χ3v) is 12.1. The molecule has 4 heterocycles. The predicted molar refractivity (Wildman–Crippen MR) is 230 cm³/mol. The molecule has 4 rings (SSSR count). The van der Waals surface area contributed by atoms with Crippen LogP contribution in [0.4, 0.5) is 0 Å². The molecular formula is C42H69N11O11. The Hall–Kier alpha value is -5.38. The number of rotatable bonds is 22. The normalized spacial score (nSPS) is 22.6. The number of carboxylic acids is 1. The van der Waals surface area contributed by atoms with Gasteiger partial charge in [0.05, 0.1) is 19.1 Å². The number of carbonyl (C=O) groups is 10. The molecule has 0 aromatic heterocycles. The zero-order chi connectivity index (χ0) is 47.1. The SMILES string of the molecule is CC(C)C[C@H](NC(=O)[C@H](C)NC(=O)[C@@H]1CCCN1C(=O)[C@H](CCCCN)NC(=O)CNC(=O)[C@@H]1CCCN1C(=O)[C@@H]1CCCN1)C(=O)N1CCC[C@H]1C(=O)NCC(=O)N[C@@H](C)C(=O)O. The highest BCUT2D eigenvalue weighted by molar-refractivity contribution is 5.98. The van der Waals surface area contributed by atoms with Gasteiger partial charge in [-0.1, -0.05) is 13.8 Å². The number of hydrogen-bond acceptors (Lipinski definition) is 12. The Morgan fingerprint density at radius 2 is 1.16 bits per heavy atom. The Morgan fingerprint density at radius 1 is 0.625 bits per heavy atom. The molecule has 4 saturated heterocycles. The summed E-state index contributed by atoms with van der Waals surface area (Å²) < 4.78 is 0. The van der Waals surface area contributed by atoms with E-state index in [2.05, 4.69) is 37.2 Å². The van der Waals surface area contributed by atoms with Crippen molar-refractivity contribution in [1.82, 2.24) is 51.9 Å². The van der Waals surface area contributed by atoms with Gasteiger partial charge >= 0.3 is 5.97 Å². The topological polar surface area (TPSA) is 311 Å². The highest BCUT2D eigenvalue weighted by Gasteiger charge is 2.42. The summed E-state index contributed by atoms with van der Waals surface area (Å²) in [6.45, 7) is 7.55. The lowest BCUT2D eigenvalue weighted by molar-refractivity contribution is -0.143. The molecule has 0 spiro atoms. The third-order valence-electron chi connectivity index (χ3n) is 12.1. The van der Waals surface area contributed by atoms with Crippen molar-refractivity contribution in [2.24, 2.45) is 11.7 Å². The van der Waals surface area contributed by atoms with E-state index in [4.69, 9.17) is 10.8 Å². The number of amides is 9. The van der Waals surface area contributed by atoms with Crippen LogP contribution >= 0.6 is 0 Å². The van der Waals surface area contributed by atoms with Crippen molar-refractivity contribution in [3.8, 4) is 0 Å². The Labute approximate surface area is 374 Å². The van der Waals surface area contributed by atoms with Gasteiger partial charge in [0.2, 0.25) is 53.2 Å². The first-order chi connectivity index (χ1) is 30.4. The van der Waals surface area contributed by atoms with Gasteiger partial charge in [-0.15, -0.1) is 0 Å². The monoisotopic (exact) mass is 904 g/mol. The van der Waals surface area contributed by atoms with Crippen LogP contribution in [0, 0.1) is 5.92 Å². The Kier molecular flexibility index (Phi) is 19.7. The van der Waals surface area contributed by atoms with Gasteiger partial charge in [0.25, 0.3) is 0 Å². The Bertz CT molecular complexity index is 1720. The van der Waals surface area contributed by atoms with E-state index in [9.17, 15) is 47.9 Å². The molecule has 4 fully saturated rings. The van der Waals surface area contributed by atoms with Gasteiger partial charge < -0.3 is 62.8 Å². The second-order valence-corrected chi connectivity index (χ2v) is 17.6. The number of nitrogens with zero attached hydrogens (tertiary/aromatic N) is 3. The van der Waals surface area contributed by atoms with E-state index in [1.807, 2.05) is 13.8 Å². The average molecular weight is 904 g/mol. The second-order valence-electron chi connectivity index (χ2n) is 17.6. The molecule has 0 saturated carbocycles. The zero-order valence-electron chi connectivity index (χ0n) is 37.6. The number of likely N-dealkylation sites (tertiary alicyclic amines) is 3. The first-order valence-corrected chi connectivity index (χ1v) is 22.8. The molecule has 8 atom stereocenters. The maximum absolute atomic E-state index is 14.0. The molecule has 4 aliphatic heterocycles. The molecule has 64 heavy (non-hydrogen) atoms. The van der Waals surface area contributed by atoms with Gasteiger partial charge in [-0.3, -0.25) is 47.9 Å². The smallest absolute Gasteiger partial charge is 0.325 e. The summed E-state index contributed by atoms with van der Waals surface area (Å²) in [5.74, 6) is -6.06. The first-order valence-electron chi connectivity index (χ1n) is 22.8. The van der Waals surface area contributed by atoms with Crippen molar-refractivity contribution < 1.29 is 53.1 Å². The third kappa shape index (κ3) is 14.3. The van der Waals surface area contributed by atoms with Crippen LogP contribution in [-0.2, 0) is 47.9 Å². The number of carbonyl (C=O) groups excluding carboxylic acids is 9. The number of aliphatic carboxylic acids is 1. The lowest BCUT2D eigenvalue weighted by Crippen LogP contribution is -2.58. The summed E-state index contributed by atoms with van der Waals surface area (Å²) in [4.78, 5) is 135. The van der Waals surface area contributed by atoms with E-state index in [-0.39, 0.29) is 43.8 Å². The lowest BCUT2D eigenvalue weighted by atomic mass is 10.0. The molecule has 10 N–H and O–H groups in total. The maximum Gasteiger partial charge on any atom is 0.325 e. The van der Waals surface area contributed by atoms with Crippen molar-refractivity contribution in [1.29, 1.82) is 0 Å². The highest BCUT2D eigenvalue weighted by Crippen LogP contribution is 2.23. The van der Waals surface area contributed by atoms with Crippen molar-refractivity contribution >= 4 is 59.1 Å². The van der Waals surface area contributed by atoms with E-state index in [1.165, 1.54) is 23.6 Å². The minimum atomic E-state index is -1.24. The average Bonchev–Trinajstić information content (AvgIpc) is 4.11. The number of carboxylic acid groups (broad SMARTS) is 1. The van der Waals surface area contributed by atoms with Gasteiger partial charge in [0.1, 0.15) is 42.3 Å². The van der Waals surface area contributed by atoms with Gasteiger partial charge in [-0.25, -0.2) is 0 Å². The number of unbranched alkanes of at least 4 members (excludes halogenated alkanes) is 1. The predicted octanol–water partition coefficient (Wildman–Crippen LogP) is -2.82. The standard InChI is InChI=1S/C42H69N11O11/c1-24(2)21-29(41(62)52-19-9-14-31(52)37(58)45-22-33(54)47-26(4)42(63)64)50-35(56)25(3)48-38(59)32-15-10-20-53(32)40(61)28(11-5-6-16-43)49-34(55)23-46-36(57)30-13-8-18-51(30)39(60)27-12-7-17-44-27/h24-32,44H,5-23,43H2,1-4H3,(H,45,58)(H,46,57)(H,47,54)(H,48,59)(H,49,55)(H,50,56)(H,63,64)/t25-,26-,27-,28-,29-,30-,31-,32-/m0/s1. The molecule has 22 nitrogen and oxygen atoms in total. The molecular weight excluding hydrogens is 835 g/mol. The van der Waals surface area contributed by atoms with Gasteiger partial charge in [-0.05, 0) is 110 Å². The van der Waals surface area contributed by atoms with Gasteiger partial charge in [-0.2, -0.15) is 0 Å². The Morgan fingerprint density at radius 3 is 1.69 bits per heavy atom. The fourth-order valence-corrected chi connectivity index (χ4v) is 8.69. The van der Waals surface area contributed by atoms with Crippen molar-refractivity contribution in [3.63, 3.8) is 0 Å². The van der Waals surface area contributed by atoms with Crippen LogP contribution in [-0.4, -0.2) is 173 Å². The fourth-order valence-electron chi connectivity index (χ4n) is 8.69. The molecule has 358 valence electrons. The quantitative estimate of drug-likeness (QED) is 0.0496. The highest BCUT2D eigenvalue weighted by atomic mass is 16.4. The van der Waals surface area contributed by atoms with Crippen molar-refractivity contribution in [2.45, 2.75) is 153 Å². The van der Waals surface area contributed by atoms with E-state index in [0.717, 1.165) is 13.0 Å². The Balaban J connectivity index is 1.33. The van der Waals surface area contributed by atoms with Crippen molar-refractivity contribution in [3.05, 3.63) is 0 Å². The maximum atomic E-state index is 14.0. The van der Waals surface area contributed by atoms with Gasteiger partial charge in [0, 0.05) is 19.6 Å². The van der Waals surface area contributed by atoms with Crippen LogP contribution in [0.3, 0.4) is 0 Å². The zero-order valence-corrected chi connectivity index (χ0v) is 37.6. The summed E-state index contributed by atoms with van der Waals surface area (Å²) in [7, 11) is 0. The molecule has 0 aliphatic carbocycles. The minimum absolute atomic E-state index is 0.0612. The van der Waals surface area contributed by atoms with E-state index >= 15 is 0 Å². The lowest BCUT2D eigenvalue weighted by Gasteiger charge is -2.31. The van der Waals surface area contributed by atoms with E-state index in [0.29, 0.717) is 70.9 Å². The summed E-state index contributed by atoms with van der Waals surface area (Å²) >= 11 is 0. The molecule has 0 aromatic carbocycles.